The molecule has 1 saturated heterocycles. The summed E-state index contributed by atoms with van der Waals surface area (Å²) < 4.78 is 0. The molecular formula is C13H17ClN2O. The van der Waals surface area contributed by atoms with Gasteiger partial charge in [-0.3, -0.25) is 4.79 Å². The van der Waals surface area contributed by atoms with Crippen molar-refractivity contribution in [1.29, 1.82) is 0 Å². The summed E-state index contributed by atoms with van der Waals surface area (Å²) in [5.41, 5.74) is 1.73. The molecule has 1 atom stereocenters. The van der Waals surface area contributed by atoms with Gasteiger partial charge in [-0.05, 0) is 37.7 Å². The van der Waals surface area contributed by atoms with E-state index in [4.69, 9.17) is 11.6 Å². The van der Waals surface area contributed by atoms with Crippen LogP contribution in [0.5, 0.6) is 0 Å². The SMILES string of the molecule is CN1CCC(NC(=O)c2ccc(CCl)cc2)C1. The van der Waals surface area contributed by atoms with Crippen molar-refractivity contribution >= 4 is 17.5 Å². The van der Waals surface area contributed by atoms with E-state index < -0.39 is 0 Å². The Balaban J connectivity index is 1.94. The Morgan fingerprint density at radius 1 is 1.47 bits per heavy atom. The largest absolute Gasteiger partial charge is 0.348 e. The monoisotopic (exact) mass is 252 g/mol. The Morgan fingerprint density at radius 3 is 2.71 bits per heavy atom. The highest BCUT2D eigenvalue weighted by Gasteiger charge is 2.21. The number of hydrogen-bond donors (Lipinski definition) is 1. The summed E-state index contributed by atoms with van der Waals surface area (Å²) in [5.74, 6) is 0.487. The highest BCUT2D eigenvalue weighted by Crippen LogP contribution is 2.10. The zero-order valence-corrected chi connectivity index (χ0v) is 10.7. The molecule has 0 bridgehead atoms. The van der Waals surface area contributed by atoms with Crippen LogP contribution in [0.25, 0.3) is 0 Å². The van der Waals surface area contributed by atoms with Crippen LogP contribution < -0.4 is 5.32 Å². The van der Waals surface area contributed by atoms with E-state index in [-0.39, 0.29) is 11.9 Å². The molecule has 1 aromatic rings. The van der Waals surface area contributed by atoms with Crippen molar-refractivity contribution in [3.8, 4) is 0 Å². The van der Waals surface area contributed by atoms with E-state index in [9.17, 15) is 4.79 Å². The summed E-state index contributed by atoms with van der Waals surface area (Å²) >= 11 is 5.71. The summed E-state index contributed by atoms with van der Waals surface area (Å²) in [6.07, 6.45) is 1.03. The van der Waals surface area contributed by atoms with Crippen molar-refractivity contribution in [3.63, 3.8) is 0 Å². The average molecular weight is 253 g/mol. The quantitative estimate of drug-likeness (QED) is 0.833. The van der Waals surface area contributed by atoms with Crippen molar-refractivity contribution in [1.82, 2.24) is 10.2 Å². The lowest BCUT2D eigenvalue weighted by Crippen LogP contribution is -2.36. The van der Waals surface area contributed by atoms with Crippen LogP contribution in [0.1, 0.15) is 22.3 Å². The van der Waals surface area contributed by atoms with Gasteiger partial charge in [-0.2, -0.15) is 0 Å². The van der Waals surface area contributed by atoms with E-state index >= 15 is 0 Å². The molecule has 92 valence electrons. The van der Waals surface area contributed by atoms with E-state index in [2.05, 4.69) is 17.3 Å². The van der Waals surface area contributed by atoms with Crippen LogP contribution in [0.3, 0.4) is 0 Å². The number of carbonyl (C=O) groups excluding carboxylic acids is 1. The van der Waals surface area contributed by atoms with Crippen LogP contribution in [0.2, 0.25) is 0 Å². The predicted molar refractivity (Wildman–Crippen MR) is 69.4 cm³/mol. The molecule has 4 heteroatoms. The maximum atomic E-state index is 11.9. The van der Waals surface area contributed by atoms with Crippen molar-refractivity contribution in [2.45, 2.75) is 18.3 Å². The number of rotatable bonds is 3. The first kappa shape index (κ1) is 12.4. The Kier molecular flexibility index (Phi) is 4.02. The molecule has 3 nitrogen and oxygen atoms in total. The Hall–Kier alpha value is -1.06. The molecule has 1 heterocycles. The van der Waals surface area contributed by atoms with Gasteiger partial charge in [0, 0.05) is 24.0 Å². The number of halogens is 1. The highest BCUT2D eigenvalue weighted by atomic mass is 35.5. The molecule has 0 saturated carbocycles. The summed E-state index contributed by atoms with van der Waals surface area (Å²) in [4.78, 5) is 14.2. The lowest BCUT2D eigenvalue weighted by Gasteiger charge is -2.12. The van der Waals surface area contributed by atoms with Crippen LogP contribution in [-0.4, -0.2) is 37.0 Å². The molecular weight excluding hydrogens is 236 g/mol. The summed E-state index contributed by atoms with van der Waals surface area (Å²) in [5, 5.41) is 3.05. The van der Waals surface area contributed by atoms with Gasteiger partial charge in [-0.15, -0.1) is 11.6 Å². The topological polar surface area (TPSA) is 32.3 Å². The molecule has 17 heavy (non-hydrogen) atoms. The minimum atomic E-state index is 0.00595. The predicted octanol–water partition coefficient (Wildman–Crippen LogP) is 1.86. The average Bonchev–Trinajstić information content (AvgIpc) is 2.75. The van der Waals surface area contributed by atoms with Crippen LogP contribution >= 0.6 is 11.6 Å². The van der Waals surface area contributed by atoms with Gasteiger partial charge >= 0.3 is 0 Å². The van der Waals surface area contributed by atoms with Gasteiger partial charge in [0.25, 0.3) is 5.91 Å². The third-order valence-electron chi connectivity index (χ3n) is 3.10. The fourth-order valence-corrected chi connectivity index (χ4v) is 2.24. The minimum Gasteiger partial charge on any atom is -0.348 e. The van der Waals surface area contributed by atoms with Gasteiger partial charge in [0.15, 0.2) is 0 Å². The normalized spacial score (nSPS) is 20.5. The summed E-state index contributed by atoms with van der Waals surface area (Å²) in [7, 11) is 2.07. The van der Waals surface area contributed by atoms with E-state index in [1.807, 2.05) is 24.3 Å². The molecule has 1 amide bonds. The molecule has 0 aromatic heterocycles. The fraction of sp³-hybridized carbons (Fsp3) is 0.462. The molecule has 0 aliphatic carbocycles. The summed E-state index contributed by atoms with van der Waals surface area (Å²) in [6, 6.07) is 7.71. The molecule has 1 aromatic carbocycles. The number of nitrogens with zero attached hydrogens (tertiary/aromatic N) is 1. The second-order valence-corrected chi connectivity index (χ2v) is 4.82. The molecule has 1 N–H and O–H groups in total. The van der Waals surface area contributed by atoms with Gasteiger partial charge in [-0.25, -0.2) is 0 Å². The number of carbonyl (C=O) groups is 1. The third kappa shape index (κ3) is 3.20. The number of hydrogen-bond acceptors (Lipinski definition) is 2. The van der Waals surface area contributed by atoms with Crippen molar-refractivity contribution < 1.29 is 4.79 Å². The van der Waals surface area contributed by atoms with Crippen LogP contribution in [0.15, 0.2) is 24.3 Å². The van der Waals surface area contributed by atoms with Crippen molar-refractivity contribution in [2.75, 3.05) is 20.1 Å². The summed E-state index contributed by atoms with van der Waals surface area (Å²) in [6.45, 7) is 1.99. The van der Waals surface area contributed by atoms with E-state index in [0.717, 1.165) is 25.1 Å². The Bertz CT molecular complexity index is 391. The van der Waals surface area contributed by atoms with Crippen LogP contribution in [0.4, 0.5) is 0 Å². The van der Waals surface area contributed by atoms with E-state index in [1.165, 1.54) is 0 Å². The van der Waals surface area contributed by atoms with Gasteiger partial charge in [0.05, 0.1) is 0 Å². The second kappa shape index (κ2) is 5.52. The molecule has 1 aliphatic rings. The Morgan fingerprint density at radius 2 is 2.18 bits per heavy atom. The van der Waals surface area contributed by atoms with Crippen LogP contribution in [0, 0.1) is 0 Å². The smallest absolute Gasteiger partial charge is 0.251 e. The highest BCUT2D eigenvalue weighted by molar-refractivity contribution is 6.17. The first-order valence-electron chi connectivity index (χ1n) is 5.83. The minimum absolute atomic E-state index is 0.00595. The lowest BCUT2D eigenvalue weighted by molar-refractivity contribution is 0.0938. The number of benzene rings is 1. The molecule has 1 fully saturated rings. The van der Waals surface area contributed by atoms with Gasteiger partial charge in [0.1, 0.15) is 0 Å². The zero-order valence-electron chi connectivity index (χ0n) is 9.95. The standard InChI is InChI=1S/C13H17ClN2O/c1-16-7-6-12(9-16)15-13(17)11-4-2-10(8-14)3-5-11/h2-5,12H,6-9H2,1H3,(H,15,17). The molecule has 0 spiro atoms. The van der Waals surface area contributed by atoms with Crippen LogP contribution in [-0.2, 0) is 5.88 Å². The first-order valence-corrected chi connectivity index (χ1v) is 6.37. The number of amides is 1. The van der Waals surface area contributed by atoms with E-state index in [0.29, 0.717) is 11.4 Å². The third-order valence-corrected chi connectivity index (χ3v) is 3.41. The maximum absolute atomic E-state index is 11.9. The zero-order chi connectivity index (χ0) is 12.3. The molecule has 0 radical (unpaired) electrons. The fourth-order valence-electron chi connectivity index (χ4n) is 2.07. The van der Waals surface area contributed by atoms with Gasteiger partial charge in [-0.1, -0.05) is 12.1 Å². The number of alkyl halides is 1. The molecule has 1 aliphatic heterocycles. The molecule has 2 rings (SSSR count). The van der Waals surface area contributed by atoms with Crippen molar-refractivity contribution in [3.05, 3.63) is 35.4 Å². The van der Waals surface area contributed by atoms with Gasteiger partial charge < -0.3 is 10.2 Å². The number of likely N-dealkylation sites (tertiary alicyclic amines) is 1. The van der Waals surface area contributed by atoms with Crippen molar-refractivity contribution in [2.24, 2.45) is 0 Å². The number of likely N-dealkylation sites (N-methyl/N-ethyl adjacent to an activating group) is 1. The molecule has 1 unspecified atom stereocenters. The lowest BCUT2D eigenvalue weighted by atomic mass is 10.1. The van der Waals surface area contributed by atoms with E-state index in [1.54, 1.807) is 0 Å². The first-order chi connectivity index (χ1) is 8.19. The Labute approximate surface area is 107 Å². The number of nitrogens with one attached hydrogen (secondary N) is 1. The second-order valence-electron chi connectivity index (χ2n) is 4.55. The maximum Gasteiger partial charge on any atom is 0.251 e. The van der Waals surface area contributed by atoms with Gasteiger partial charge in [0.2, 0.25) is 0 Å².